The molecule has 23 heavy (non-hydrogen) atoms. The molecule has 2 N–H and O–H groups in total. The smallest absolute Gasteiger partial charge is 0.258 e. The van der Waals surface area contributed by atoms with Crippen molar-refractivity contribution in [2.24, 2.45) is 0 Å². The van der Waals surface area contributed by atoms with Crippen LogP contribution >= 0.6 is 11.6 Å². The normalized spacial score (nSPS) is 14.7. The van der Waals surface area contributed by atoms with Gasteiger partial charge in [0.15, 0.2) is 0 Å². The van der Waals surface area contributed by atoms with E-state index in [1.807, 2.05) is 13.0 Å². The molecule has 1 aliphatic carbocycles. The van der Waals surface area contributed by atoms with Crippen molar-refractivity contribution in [1.82, 2.24) is 9.97 Å². The van der Waals surface area contributed by atoms with Crippen LogP contribution in [0.25, 0.3) is 0 Å². The molecule has 120 valence electrons. The molecule has 0 spiro atoms. The number of nitrogens with one attached hydrogen (secondary N) is 2. The standard InChI is InChI=1S/C17H19ClN4O/c1-11-6-7-13(18)8-15(11)22-16(23)12-9-19-17(20-10-12)21-14-4-2-3-5-14/h6-10,14H,2-5H2,1H3,(H,22,23)(H,19,20,21). The fourth-order valence-electron chi connectivity index (χ4n) is 2.70. The number of rotatable bonds is 4. The highest BCUT2D eigenvalue weighted by Crippen LogP contribution is 2.22. The van der Waals surface area contributed by atoms with Gasteiger partial charge in [-0.2, -0.15) is 0 Å². The van der Waals surface area contributed by atoms with Crippen LogP contribution in [0.15, 0.2) is 30.6 Å². The molecule has 0 unspecified atom stereocenters. The van der Waals surface area contributed by atoms with Gasteiger partial charge in [0.25, 0.3) is 5.91 Å². The van der Waals surface area contributed by atoms with Gasteiger partial charge in [0.1, 0.15) is 0 Å². The largest absolute Gasteiger partial charge is 0.351 e. The fourth-order valence-corrected chi connectivity index (χ4v) is 2.87. The molecule has 1 heterocycles. The lowest BCUT2D eigenvalue weighted by atomic mass is 10.2. The van der Waals surface area contributed by atoms with Crippen LogP contribution in [0.1, 0.15) is 41.6 Å². The Morgan fingerprint density at radius 3 is 2.61 bits per heavy atom. The summed E-state index contributed by atoms with van der Waals surface area (Å²) >= 11 is 5.96. The van der Waals surface area contributed by atoms with Crippen molar-refractivity contribution in [3.05, 3.63) is 46.7 Å². The van der Waals surface area contributed by atoms with Crippen LogP contribution in [0.5, 0.6) is 0 Å². The average molecular weight is 331 g/mol. The third-order valence-corrected chi connectivity index (χ3v) is 4.29. The second-order valence-corrected chi connectivity index (χ2v) is 6.27. The number of aryl methyl sites for hydroxylation is 1. The van der Waals surface area contributed by atoms with Crippen LogP contribution in [-0.2, 0) is 0 Å². The highest BCUT2D eigenvalue weighted by molar-refractivity contribution is 6.31. The second-order valence-electron chi connectivity index (χ2n) is 5.83. The number of anilines is 2. The highest BCUT2D eigenvalue weighted by Gasteiger charge is 2.16. The number of carbonyl (C=O) groups is 1. The van der Waals surface area contributed by atoms with Gasteiger partial charge in [0.2, 0.25) is 5.95 Å². The summed E-state index contributed by atoms with van der Waals surface area (Å²) in [6.07, 6.45) is 7.88. The third-order valence-electron chi connectivity index (χ3n) is 4.05. The maximum absolute atomic E-state index is 12.3. The Kier molecular flexibility index (Phi) is 4.76. The molecule has 0 aliphatic heterocycles. The lowest BCUT2D eigenvalue weighted by Gasteiger charge is -2.12. The van der Waals surface area contributed by atoms with Gasteiger partial charge in [-0.3, -0.25) is 4.79 Å². The van der Waals surface area contributed by atoms with Gasteiger partial charge in [-0.15, -0.1) is 0 Å². The van der Waals surface area contributed by atoms with Crippen LogP contribution in [0.4, 0.5) is 11.6 Å². The molecule has 2 aromatic rings. The van der Waals surface area contributed by atoms with Gasteiger partial charge in [-0.05, 0) is 37.5 Å². The van der Waals surface area contributed by atoms with Crippen LogP contribution in [0.3, 0.4) is 0 Å². The minimum Gasteiger partial charge on any atom is -0.351 e. The summed E-state index contributed by atoms with van der Waals surface area (Å²) in [6, 6.07) is 5.83. The number of carbonyl (C=O) groups excluding carboxylic acids is 1. The molecule has 1 saturated carbocycles. The zero-order valence-corrected chi connectivity index (χ0v) is 13.7. The van der Waals surface area contributed by atoms with Crippen LogP contribution in [-0.4, -0.2) is 21.9 Å². The van der Waals surface area contributed by atoms with Gasteiger partial charge in [0.05, 0.1) is 5.56 Å². The number of nitrogens with zero attached hydrogens (tertiary/aromatic N) is 2. The topological polar surface area (TPSA) is 66.9 Å². The van der Waals surface area contributed by atoms with E-state index in [0.29, 0.717) is 28.3 Å². The Balaban J connectivity index is 1.66. The Bertz CT molecular complexity index is 696. The molecule has 0 atom stereocenters. The third kappa shape index (κ3) is 3.99. The number of hydrogen-bond donors (Lipinski definition) is 2. The van der Waals surface area contributed by atoms with E-state index in [-0.39, 0.29) is 5.91 Å². The Morgan fingerprint density at radius 1 is 1.22 bits per heavy atom. The fraction of sp³-hybridized carbons (Fsp3) is 0.353. The molecule has 1 amide bonds. The van der Waals surface area contributed by atoms with E-state index in [0.717, 1.165) is 18.4 Å². The van der Waals surface area contributed by atoms with E-state index in [1.165, 1.54) is 12.8 Å². The highest BCUT2D eigenvalue weighted by atomic mass is 35.5. The Morgan fingerprint density at radius 2 is 1.91 bits per heavy atom. The van der Waals surface area contributed by atoms with E-state index in [2.05, 4.69) is 20.6 Å². The van der Waals surface area contributed by atoms with Crippen molar-refractivity contribution in [3.63, 3.8) is 0 Å². The first kappa shape index (κ1) is 15.7. The summed E-state index contributed by atoms with van der Waals surface area (Å²) in [5.41, 5.74) is 2.06. The Hall–Kier alpha value is -2.14. The van der Waals surface area contributed by atoms with Gasteiger partial charge in [0, 0.05) is 29.1 Å². The van der Waals surface area contributed by atoms with Crippen molar-refractivity contribution >= 4 is 29.1 Å². The molecule has 1 fully saturated rings. The molecule has 0 radical (unpaired) electrons. The van der Waals surface area contributed by atoms with E-state index in [9.17, 15) is 4.79 Å². The summed E-state index contributed by atoms with van der Waals surface area (Å²) in [4.78, 5) is 20.8. The molecule has 1 aliphatic rings. The van der Waals surface area contributed by atoms with Crippen LogP contribution in [0, 0.1) is 6.92 Å². The molecular weight excluding hydrogens is 312 g/mol. The number of aromatic nitrogens is 2. The summed E-state index contributed by atoms with van der Waals surface area (Å²) in [5, 5.41) is 6.72. The number of halogens is 1. The molecule has 1 aromatic carbocycles. The first-order chi connectivity index (χ1) is 11.1. The minimum atomic E-state index is -0.247. The van der Waals surface area contributed by atoms with Gasteiger partial charge < -0.3 is 10.6 Å². The van der Waals surface area contributed by atoms with Crippen molar-refractivity contribution in [2.75, 3.05) is 10.6 Å². The predicted molar refractivity (Wildman–Crippen MR) is 92.1 cm³/mol. The summed E-state index contributed by atoms with van der Waals surface area (Å²) < 4.78 is 0. The maximum atomic E-state index is 12.3. The van der Waals surface area contributed by atoms with E-state index in [1.54, 1.807) is 24.5 Å². The predicted octanol–water partition coefficient (Wildman–Crippen LogP) is 4.05. The average Bonchev–Trinajstić information content (AvgIpc) is 3.04. The number of benzene rings is 1. The minimum absolute atomic E-state index is 0.247. The molecule has 6 heteroatoms. The van der Waals surface area contributed by atoms with Crippen LogP contribution in [0.2, 0.25) is 5.02 Å². The van der Waals surface area contributed by atoms with Crippen molar-refractivity contribution in [3.8, 4) is 0 Å². The monoisotopic (exact) mass is 330 g/mol. The zero-order chi connectivity index (χ0) is 16.2. The maximum Gasteiger partial charge on any atom is 0.258 e. The van der Waals surface area contributed by atoms with Gasteiger partial charge in [-0.25, -0.2) is 9.97 Å². The van der Waals surface area contributed by atoms with E-state index < -0.39 is 0 Å². The first-order valence-corrected chi connectivity index (χ1v) is 8.16. The lowest BCUT2D eigenvalue weighted by molar-refractivity contribution is 0.102. The second kappa shape index (κ2) is 6.96. The lowest BCUT2D eigenvalue weighted by Crippen LogP contribution is -2.18. The summed E-state index contributed by atoms with van der Waals surface area (Å²) in [6.45, 7) is 1.91. The zero-order valence-electron chi connectivity index (χ0n) is 13.0. The Labute approximate surface area is 140 Å². The van der Waals surface area contributed by atoms with Gasteiger partial charge >= 0.3 is 0 Å². The van der Waals surface area contributed by atoms with Crippen molar-refractivity contribution < 1.29 is 4.79 Å². The molecule has 1 aromatic heterocycles. The molecule has 3 rings (SSSR count). The number of amides is 1. The molecular formula is C17H19ClN4O. The first-order valence-electron chi connectivity index (χ1n) is 7.78. The van der Waals surface area contributed by atoms with Gasteiger partial charge in [-0.1, -0.05) is 30.5 Å². The molecule has 0 saturated heterocycles. The molecule has 0 bridgehead atoms. The van der Waals surface area contributed by atoms with Crippen LogP contribution < -0.4 is 10.6 Å². The van der Waals surface area contributed by atoms with Crippen molar-refractivity contribution in [2.45, 2.75) is 38.6 Å². The SMILES string of the molecule is Cc1ccc(Cl)cc1NC(=O)c1cnc(NC2CCCC2)nc1. The quantitative estimate of drug-likeness (QED) is 0.887. The van der Waals surface area contributed by atoms with E-state index in [4.69, 9.17) is 11.6 Å². The molecule has 5 nitrogen and oxygen atoms in total. The van der Waals surface area contributed by atoms with Crippen molar-refractivity contribution in [1.29, 1.82) is 0 Å². The van der Waals surface area contributed by atoms with E-state index >= 15 is 0 Å². The summed E-state index contributed by atoms with van der Waals surface area (Å²) in [5.74, 6) is 0.329. The number of hydrogen-bond acceptors (Lipinski definition) is 4. The summed E-state index contributed by atoms with van der Waals surface area (Å²) in [7, 11) is 0.